The maximum Gasteiger partial charge on any atom is 0.255 e. The van der Waals surface area contributed by atoms with E-state index < -0.39 is 0 Å². The third kappa shape index (κ3) is 3.64. The molecule has 0 unspecified atom stereocenters. The molecular formula is C24H21ClN2O2. The van der Waals surface area contributed by atoms with Crippen molar-refractivity contribution in [3.05, 3.63) is 81.4 Å². The van der Waals surface area contributed by atoms with Crippen LogP contribution < -0.4 is 5.32 Å². The molecule has 0 fully saturated rings. The van der Waals surface area contributed by atoms with E-state index in [1.54, 1.807) is 12.1 Å². The highest BCUT2D eigenvalue weighted by molar-refractivity contribution is 6.31. The molecule has 0 aliphatic heterocycles. The normalized spacial score (nSPS) is 11.1. The lowest BCUT2D eigenvalue weighted by atomic mass is 10.1. The van der Waals surface area contributed by atoms with Crippen LogP contribution in [0.25, 0.3) is 22.6 Å². The number of hydrogen-bond acceptors (Lipinski definition) is 3. The van der Waals surface area contributed by atoms with E-state index in [0.717, 1.165) is 38.9 Å². The standard InChI is InChI=1S/C24H21ClN2O2/c1-13-10-15(3)22-21(11-13)27-24(29-22)18-6-5-7-20(16(18)4)26-23(28)17-9-8-14(2)19(25)12-17/h5-12H,1-4H3,(H,26,28). The van der Waals surface area contributed by atoms with Gasteiger partial charge in [-0.05, 0) is 80.3 Å². The van der Waals surface area contributed by atoms with Crippen molar-refractivity contribution < 1.29 is 9.21 Å². The highest BCUT2D eigenvalue weighted by Crippen LogP contribution is 2.32. The summed E-state index contributed by atoms with van der Waals surface area (Å²) < 4.78 is 6.05. The van der Waals surface area contributed by atoms with Gasteiger partial charge in [0.05, 0.1) is 0 Å². The molecule has 1 N–H and O–H groups in total. The van der Waals surface area contributed by atoms with Crippen LogP contribution in [0.1, 0.15) is 32.6 Å². The molecule has 4 aromatic rings. The molecule has 146 valence electrons. The summed E-state index contributed by atoms with van der Waals surface area (Å²) in [6.07, 6.45) is 0. The summed E-state index contributed by atoms with van der Waals surface area (Å²) >= 11 is 6.16. The van der Waals surface area contributed by atoms with E-state index in [0.29, 0.717) is 22.2 Å². The van der Waals surface area contributed by atoms with Gasteiger partial charge in [-0.1, -0.05) is 29.8 Å². The summed E-state index contributed by atoms with van der Waals surface area (Å²) in [5, 5.41) is 3.54. The minimum Gasteiger partial charge on any atom is -0.436 e. The summed E-state index contributed by atoms with van der Waals surface area (Å²) in [5.41, 5.74) is 7.70. The smallest absolute Gasteiger partial charge is 0.255 e. The number of fused-ring (bicyclic) bond motifs is 1. The summed E-state index contributed by atoms with van der Waals surface area (Å²) in [5.74, 6) is 0.330. The molecule has 3 aromatic carbocycles. The van der Waals surface area contributed by atoms with Gasteiger partial charge in [0, 0.05) is 21.8 Å². The largest absolute Gasteiger partial charge is 0.436 e. The van der Waals surface area contributed by atoms with Crippen LogP contribution in [0.4, 0.5) is 5.69 Å². The Hall–Kier alpha value is -3.11. The van der Waals surface area contributed by atoms with Crippen LogP contribution in [-0.2, 0) is 0 Å². The van der Waals surface area contributed by atoms with E-state index in [-0.39, 0.29) is 5.91 Å². The highest BCUT2D eigenvalue weighted by Gasteiger charge is 2.16. The van der Waals surface area contributed by atoms with Crippen LogP contribution in [0.2, 0.25) is 5.02 Å². The SMILES string of the molecule is Cc1cc(C)c2oc(-c3cccc(NC(=O)c4ccc(C)c(Cl)c4)c3C)nc2c1. The van der Waals surface area contributed by atoms with E-state index in [4.69, 9.17) is 16.0 Å². The Morgan fingerprint density at radius 1 is 1.00 bits per heavy atom. The first-order valence-electron chi connectivity index (χ1n) is 9.39. The summed E-state index contributed by atoms with van der Waals surface area (Å²) in [4.78, 5) is 17.4. The minimum atomic E-state index is -0.212. The quantitative estimate of drug-likeness (QED) is 0.416. The number of benzene rings is 3. The van der Waals surface area contributed by atoms with Crippen LogP contribution >= 0.6 is 11.6 Å². The zero-order chi connectivity index (χ0) is 20.7. The zero-order valence-corrected chi connectivity index (χ0v) is 17.5. The van der Waals surface area contributed by atoms with E-state index >= 15 is 0 Å². The topological polar surface area (TPSA) is 55.1 Å². The Kier molecular flexibility index (Phi) is 4.89. The molecule has 0 bridgehead atoms. The van der Waals surface area contributed by atoms with Gasteiger partial charge in [-0.3, -0.25) is 4.79 Å². The maximum atomic E-state index is 12.7. The van der Waals surface area contributed by atoms with Crippen LogP contribution in [-0.4, -0.2) is 10.9 Å². The van der Waals surface area contributed by atoms with Crippen molar-refractivity contribution in [1.82, 2.24) is 4.98 Å². The number of aryl methyl sites for hydroxylation is 3. The average molecular weight is 405 g/mol. The van der Waals surface area contributed by atoms with E-state index in [1.165, 1.54) is 0 Å². The van der Waals surface area contributed by atoms with Crippen LogP contribution in [0.5, 0.6) is 0 Å². The Balaban J connectivity index is 1.70. The second-order valence-electron chi connectivity index (χ2n) is 7.35. The molecule has 0 spiro atoms. The van der Waals surface area contributed by atoms with Gasteiger partial charge in [0.15, 0.2) is 5.58 Å². The number of amides is 1. The van der Waals surface area contributed by atoms with E-state index in [9.17, 15) is 4.79 Å². The molecule has 29 heavy (non-hydrogen) atoms. The van der Waals surface area contributed by atoms with Gasteiger partial charge in [0.1, 0.15) is 5.52 Å². The fourth-order valence-corrected chi connectivity index (χ4v) is 3.60. The average Bonchev–Trinajstić information content (AvgIpc) is 3.09. The molecular weight excluding hydrogens is 384 g/mol. The first-order chi connectivity index (χ1) is 13.8. The van der Waals surface area contributed by atoms with Crippen molar-refractivity contribution >= 4 is 34.3 Å². The lowest BCUT2D eigenvalue weighted by molar-refractivity contribution is 0.102. The molecule has 4 nitrogen and oxygen atoms in total. The van der Waals surface area contributed by atoms with Gasteiger partial charge in [0.25, 0.3) is 5.91 Å². The Morgan fingerprint density at radius 2 is 1.79 bits per heavy atom. The van der Waals surface area contributed by atoms with Crippen molar-refractivity contribution in [2.75, 3.05) is 5.32 Å². The van der Waals surface area contributed by atoms with Gasteiger partial charge in [0.2, 0.25) is 5.89 Å². The second kappa shape index (κ2) is 7.37. The van der Waals surface area contributed by atoms with Crippen molar-refractivity contribution in [3.63, 3.8) is 0 Å². The summed E-state index contributed by atoms with van der Waals surface area (Å²) in [6, 6.07) is 15.1. The predicted molar refractivity (Wildman–Crippen MR) is 118 cm³/mol. The molecule has 0 aliphatic carbocycles. The van der Waals surface area contributed by atoms with Gasteiger partial charge in [-0.25, -0.2) is 4.98 Å². The number of carbonyl (C=O) groups excluding carboxylic acids is 1. The van der Waals surface area contributed by atoms with E-state index in [2.05, 4.69) is 16.4 Å². The fourth-order valence-electron chi connectivity index (χ4n) is 3.42. The molecule has 1 aromatic heterocycles. The first-order valence-corrected chi connectivity index (χ1v) is 9.76. The number of anilines is 1. The molecule has 0 aliphatic rings. The fraction of sp³-hybridized carbons (Fsp3) is 0.167. The molecule has 0 saturated heterocycles. The number of oxazole rings is 1. The number of carbonyl (C=O) groups is 1. The maximum absolute atomic E-state index is 12.7. The lowest BCUT2D eigenvalue weighted by Crippen LogP contribution is -2.13. The van der Waals surface area contributed by atoms with Crippen LogP contribution in [0.3, 0.4) is 0 Å². The van der Waals surface area contributed by atoms with Crippen molar-refractivity contribution in [1.29, 1.82) is 0 Å². The van der Waals surface area contributed by atoms with E-state index in [1.807, 2.05) is 58.0 Å². The molecule has 1 amide bonds. The zero-order valence-electron chi connectivity index (χ0n) is 16.8. The Morgan fingerprint density at radius 3 is 2.55 bits per heavy atom. The molecule has 5 heteroatoms. The Labute approximate surface area is 174 Å². The van der Waals surface area contributed by atoms with Gasteiger partial charge >= 0.3 is 0 Å². The predicted octanol–water partition coefficient (Wildman–Crippen LogP) is 6.63. The minimum absolute atomic E-state index is 0.212. The van der Waals surface area contributed by atoms with Crippen LogP contribution in [0.15, 0.2) is 52.9 Å². The van der Waals surface area contributed by atoms with Gasteiger partial charge in [-0.2, -0.15) is 0 Å². The number of nitrogens with one attached hydrogen (secondary N) is 1. The van der Waals surface area contributed by atoms with Crippen LogP contribution in [0, 0.1) is 27.7 Å². The molecule has 0 atom stereocenters. The second-order valence-corrected chi connectivity index (χ2v) is 7.75. The molecule has 0 radical (unpaired) electrons. The number of hydrogen-bond donors (Lipinski definition) is 1. The van der Waals surface area contributed by atoms with Gasteiger partial charge in [-0.15, -0.1) is 0 Å². The van der Waals surface area contributed by atoms with Crippen molar-refractivity contribution in [3.8, 4) is 11.5 Å². The number of nitrogens with zero attached hydrogens (tertiary/aromatic N) is 1. The third-order valence-electron chi connectivity index (χ3n) is 5.07. The molecule has 4 rings (SSSR count). The van der Waals surface area contributed by atoms with Gasteiger partial charge < -0.3 is 9.73 Å². The number of rotatable bonds is 3. The third-order valence-corrected chi connectivity index (χ3v) is 5.47. The molecule has 0 saturated carbocycles. The Bertz CT molecular complexity index is 1260. The monoisotopic (exact) mass is 404 g/mol. The van der Waals surface area contributed by atoms with Crippen molar-refractivity contribution in [2.45, 2.75) is 27.7 Å². The summed E-state index contributed by atoms with van der Waals surface area (Å²) in [6.45, 7) is 7.90. The van der Waals surface area contributed by atoms with Crippen molar-refractivity contribution in [2.24, 2.45) is 0 Å². The first kappa shape index (κ1) is 19.2. The number of aromatic nitrogens is 1. The number of halogens is 1. The molecule has 1 heterocycles. The highest BCUT2D eigenvalue weighted by atomic mass is 35.5. The summed E-state index contributed by atoms with van der Waals surface area (Å²) in [7, 11) is 0. The lowest BCUT2D eigenvalue weighted by Gasteiger charge is -2.11.